The number of aromatic nitrogens is 2. The number of imidazole rings is 1. The predicted molar refractivity (Wildman–Crippen MR) is 55.4 cm³/mol. The van der Waals surface area contributed by atoms with Crippen LogP contribution in [0, 0.1) is 0 Å². The van der Waals surface area contributed by atoms with Crippen molar-refractivity contribution < 1.29 is 4.79 Å². The molecule has 0 saturated carbocycles. The van der Waals surface area contributed by atoms with E-state index in [1.807, 2.05) is 10.8 Å². The van der Waals surface area contributed by atoms with Crippen LogP contribution in [0.4, 0.5) is 0 Å². The van der Waals surface area contributed by atoms with Gasteiger partial charge in [0.25, 0.3) is 0 Å². The Morgan fingerprint density at radius 2 is 2.15 bits per heavy atom. The molecule has 0 aromatic carbocycles. The van der Waals surface area contributed by atoms with Crippen LogP contribution < -0.4 is 0 Å². The van der Waals surface area contributed by atoms with E-state index in [1.165, 1.54) is 0 Å². The maximum atomic E-state index is 11.5. The minimum Gasteiger partial charge on any atom is -0.330 e. The zero-order valence-corrected chi connectivity index (χ0v) is 9.45. The Bertz CT molecular complexity index is 274. The van der Waals surface area contributed by atoms with E-state index in [9.17, 15) is 4.79 Å². The van der Waals surface area contributed by atoms with E-state index in [0.717, 1.165) is 6.04 Å². The zero-order valence-electron chi connectivity index (χ0n) is 8.45. The van der Waals surface area contributed by atoms with Gasteiger partial charge in [-0.15, -0.1) is 0 Å². The maximum absolute atomic E-state index is 11.5. The summed E-state index contributed by atoms with van der Waals surface area (Å²) in [5, 5.41) is 0. The van der Waals surface area contributed by atoms with Crippen molar-refractivity contribution in [3.8, 4) is 0 Å². The number of ketones is 1. The van der Waals surface area contributed by atoms with Crippen molar-refractivity contribution in [2.75, 3.05) is 0 Å². The van der Waals surface area contributed by atoms with Gasteiger partial charge in [-0.05, 0) is 0 Å². The molecule has 0 aliphatic rings. The van der Waals surface area contributed by atoms with Gasteiger partial charge in [0, 0.05) is 18.4 Å². The van der Waals surface area contributed by atoms with Crippen molar-refractivity contribution >= 4 is 13.9 Å². The molecule has 1 heterocycles. The largest absolute Gasteiger partial charge is 0.330 e. The molecule has 0 N–H and O–H groups in total. The number of Topliss-reactive ketones (excluding diaryl/α,β-unsaturated/α-hetero) is 1. The highest BCUT2D eigenvalue weighted by atomic mass is 28.3. The van der Waals surface area contributed by atoms with E-state index < -0.39 is 8.07 Å². The molecular formula is C9H16N2OSi. The molecule has 3 nitrogen and oxygen atoms in total. The van der Waals surface area contributed by atoms with Gasteiger partial charge in [-0.2, -0.15) is 0 Å². The summed E-state index contributed by atoms with van der Waals surface area (Å²) in [6.45, 7) is 7.10. The van der Waals surface area contributed by atoms with Crippen LogP contribution in [0.25, 0.3) is 0 Å². The molecule has 0 amide bonds. The van der Waals surface area contributed by atoms with Crippen LogP contribution in [0.5, 0.6) is 0 Å². The smallest absolute Gasteiger partial charge is 0.149 e. The fourth-order valence-corrected chi connectivity index (χ4v) is 2.53. The van der Waals surface area contributed by atoms with E-state index in [1.54, 1.807) is 12.5 Å². The van der Waals surface area contributed by atoms with Gasteiger partial charge in [0.15, 0.2) is 0 Å². The highest BCUT2D eigenvalue weighted by Gasteiger charge is 2.17. The van der Waals surface area contributed by atoms with Gasteiger partial charge in [-0.25, -0.2) is 4.98 Å². The third-order valence-corrected chi connectivity index (χ3v) is 3.10. The molecule has 0 aliphatic heterocycles. The van der Waals surface area contributed by atoms with Crippen LogP contribution in [0.15, 0.2) is 18.7 Å². The number of carbonyl (C=O) groups is 1. The number of hydrogen-bond acceptors (Lipinski definition) is 2. The quantitative estimate of drug-likeness (QED) is 0.688. The van der Waals surface area contributed by atoms with Gasteiger partial charge >= 0.3 is 0 Å². The molecule has 0 spiro atoms. The van der Waals surface area contributed by atoms with Gasteiger partial charge in [0.05, 0.1) is 20.9 Å². The Balaban J connectivity index is 2.43. The lowest BCUT2D eigenvalue weighted by atomic mass is 10.4. The fraction of sp³-hybridized carbons (Fsp3) is 0.556. The third kappa shape index (κ3) is 4.03. The molecule has 13 heavy (non-hydrogen) atoms. The van der Waals surface area contributed by atoms with E-state index in [0.29, 0.717) is 12.3 Å². The van der Waals surface area contributed by atoms with Crippen LogP contribution >= 0.6 is 0 Å². The lowest BCUT2D eigenvalue weighted by Gasteiger charge is -2.14. The van der Waals surface area contributed by atoms with E-state index >= 15 is 0 Å². The predicted octanol–water partition coefficient (Wildman–Crippen LogP) is 1.79. The third-order valence-electron chi connectivity index (χ3n) is 1.65. The maximum Gasteiger partial charge on any atom is 0.149 e. The lowest BCUT2D eigenvalue weighted by molar-refractivity contribution is -0.117. The van der Waals surface area contributed by atoms with Crippen molar-refractivity contribution in [3.05, 3.63) is 18.7 Å². The van der Waals surface area contributed by atoms with Crippen molar-refractivity contribution in [1.29, 1.82) is 0 Å². The molecule has 0 unspecified atom stereocenters. The summed E-state index contributed by atoms with van der Waals surface area (Å²) in [5.74, 6) is 0.317. The summed E-state index contributed by atoms with van der Waals surface area (Å²) in [6.07, 6.45) is 5.20. The molecule has 0 atom stereocenters. The van der Waals surface area contributed by atoms with Gasteiger partial charge in [-0.1, -0.05) is 19.6 Å². The van der Waals surface area contributed by atoms with Crippen LogP contribution in [-0.2, 0) is 11.3 Å². The fourth-order valence-electron chi connectivity index (χ4n) is 1.23. The van der Waals surface area contributed by atoms with Crippen molar-refractivity contribution in [3.63, 3.8) is 0 Å². The SMILES string of the molecule is C[Si](C)(C)CC(=O)Cn1ccnc1. The highest BCUT2D eigenvalue weighted by Crippen LogP contribution is 2.09. The lowest BCUT2D eigenvalue weighted by Crippen LogP contribution is -2.25. The van der Waals surface area contributed by atoms with Crippen molar-refractivity contribution in [2.45, 2.75) is 32.2 Å². The van der Waals surface area contributed by atoms with Gasteiger partial charge in [0.1, 0.15) is 5.78 Å². The van der Waals surface area contributed by atoms with Gasteiger partial charge in [-0.3, -0.25) is 4.79 Å². The van der Waals surface area contributed by atoms with Crippen molar-refractivity contribution in [1.82, 2.24) is 9.55 Å². The van der Waals surface area contributed by atoms with Crippen LogP contribution in [0.2, 0.25) is 25.7 Å². The number of hydrogen-bond donors (Lipinski definition) is 0. The molecule has 1 aromatic heterocycles. The molecule has 0 fully saturated rings. The molecule has 1 aromatic rings. The molecule has 0 bridgehead atoms. The molecule has 1 rings (SSSR count). The second-order valence-corrected chi connectivity index (χ2v) is 9.99. The number of carbonyl (C=O) groups excluding carboxylic acids is 1. The Hall–Kier alpha value is -0.903. The average molecular weight is 196 g/mol. The summed E-state index contributed by atoms with van der Waals surface area (Å²) in [5.41, 5.74) is 0. The van der Waals surface area contributed by atoms with E-state index in [2.05, 4.69) is 24.6 Å². The Labute approximate surface area is 79.8 Å². The zero-order chi connectivity index (χ0) is 9.90. The summed E-state index contributed by atoms with van der Waals surface area (Å²) in [4.78, 5) is 15.4. The van der Waals surface area contributed by atoms with E-state index in [-0.39, 0.29) is 0 Å². The first-order valence-corrected chi connectivity index (χ1v) is 8.15. The topological polar surface area (TPSA) is 34.9 Å². The number of rotatable bonds is 4. The first-order chi connectivity index (χ1) is 5.97. The highest BCUT2D eigenvalue weighted by molar-refractivity contribution is 6.78. The first-order valence-electron chi connectivity index (χ1n) is 4.45. The van der Waals surface area contributed by atoms with E-state index in [4.69, 9.17) is 0 Å². The monoisotopic (exact) mass is 196 g/mol. The summed E-state index contributed by atoms with van der Waals surface area (Å²) in [6, 6.07) is 0.755. The molecule has 4 heteroatoms. The summed E-state index contributed by atoms with van der Waals surface area (Å²) >= 11 is 0. The second-order valence-electron chi connectivity index (χ2n) is 4.51. The molecule has 0 aliphatic carbocycles. The molecule has 0 radical (unpaired) electrons. The molecular weight excluding hydrogens is 180 g/mol. The minimum absolute atomic E-state index is 0.317. The summed E-state index contributed by atoms with van der Waals surface area (Å²) < 4.78 is 1.82. The average Bonchev–Trinajstić information content (AvgIpc) is 2.34. The van der Waals surface area contributed by atoms with Crippen LogP contribution in [0.3, 0.4) is 0 Å². The Morgan fingerprint density at radius 3 is 2.62 bits per heavy atom. The normalized spacial score (nSPS) is 11.6. The molecule has 0 saturated heterocycles. The van der Waals surface area contributed by atoms with Gasteiger partial charge < -0.3 is 4.57 Å². The minimum atomic E-state index is -1.24. The summed E-state index contributed by atoms with van der Waals surface area (Å²) in [7, 11) is -1.24. The molecule has 72 valence electrons. The van der Waals surface area contributed by atoms with Crippen LogP contribution in [0.1, 0.15) is 0 Å². The Kier molecular flexibility index (Phi) is 3.03. The first kappa shape index (κ1) is 10.2. The van der Waals surface area contributed by atoms with Crippen LogP contribution in [-0.4, -0.2) is 23.4 Å². The standard InChI is InChI=1S/C9H16N2OSi/c1-13(2,3)7-9(12)6-11-5-4-10-8-11/h4-5,8H,6-7H2,1-3H3. The van der Waals surface area contributed by atoms with Crippen molar-refractivity contribution in [2.24, 2.45) is 0 Å². The second kappa shape index (κ2) is 3.87. The Morgan fingerprint density at radius 1 is 1.46 bits per heavy atom. The van der Waals surface area contributed by atoms with Gasteiger partial charge in [0.2, 0.25) is 0 Å². The number of nitrogens with zero attached hydrogens (tertiary/aromatic N) is 2.